The molecule has 0 unspecified atom stereocenters. The van der Waals surface area contributed by atoms with Crippen molar-refractivity contribution in [2.45, 2.75) is 32.8 Å². The quantitative estimate of drug-likeness (QED) is 0.713. The van der Waals surface area contributed by atoms with Crippen LogP contribution in [0.4, 0.5) is 4.39 Å². The Morgan fingerprint density at radius 2 is 1.84 bits per heavy atom. The summed E-state index contributed by atoms with van der Waals surface area (Å²) in [6.07, 6.45) is 0.718. The Morgan fingerprint density at radius 3 is 2.47 bits per heavy atom. The van der Waals surface area contributed by atoms with Crippen LogP contribution in [0.15, 0.2) is 24.3 Å². The summed E-state index contributed by atoms with van der Waals surface area (Å²) in [7, 11) is 0. The van der Waals surface area contributed by atoms with Crippen molar-refractivity contribution < 1.29 is 23.5 Å². The first-order chi connectivity index (χ1) is 9.11. The van der Waals surface area contributed by atoms with Crippen LogP contribution in [0.1, 0.15) is 31.7 Å². The summed E-state index contributed by atoms with van der Waals surface area (Å²) >= 11 is 0. The van der Waals surface area contributed by atoms with Gasteiger partial charge in [-0.05, 0) is 24.1 Å². The molecule has 0 fully saturated rings. The molecule has 104 valence electrons. The maximum absolute atomic E-state index is 12.9. The number of halogens is 1. The molecule has 0 heterocycles. The van der Waals surface area contributed by atoms with E-state index in [1.54, 1.807) is 12.1 Å². The summed E-state index contributed by atoms with van der Waals surface area (Å²) < 4.78 is 22.6. The fraction of sp³-hybridized carbons (Fsp3) is 0.429. The molecule has 0 aromatic heterocycles. The van der Waals surface area contributed by atoms with E-state index in [0.717, 1.165) is 6.42 Å². The molecule has 0 saturated heterocycles. The predicted octanol–water partition coefficient (Wildman–Crippen LogP) is 2.60. The van der Waals surface area contributed by atoms with Crippen molar-refractivity contribution in [1.29, 1.82) is 0 Å². The van der Waals surface area contributed by atoms with E-state index in [1.807, 2.05) is 6.92 Å². The van der Waals surface area contributed by atoms with Gasteiger partial charge in [-0.25, -0.2) is 4.39 Å². The smallest absolute Gasteiger partial charge is 0.306 e. The van der Waals surface area contributed by atoms with Crippen molar-refractivity contribution in [3.05, 3.63) is 35.6 Å². The molecule has 19 heavy (non-hydrogen) atoms. The topological polar surface area (TPSA) is 52.6 Å². The highest BCUT2D eigenvalue weighted by molar-refractivity contribution is 5.77. The van der Waals surface area contributed by atoms with E-state index in [9.17, 15) is 14.0 Å². The molecule has 1 aromatic rings. The molecule has 0 atom stereocenters. The molecule has 0 aliphatic rings. The Balaban J connectivity index is 2.23. The number of esters is 2. The maximum Gasteiger partial charge on any atom is 0.306 e. The van der Waals surface area contributed by atoms with Gasteiger partial charge in [0, 0.05) is 0 Å². The third-order valence-electron chi connectivity index (χ3n) is 2.29. The van der Waals surface area contributed by atoms with Crippen molar-refractivity contribution in [2.75, 3.05) is 6.61 Å². The normalized spacial score (nSPS) is 10.0. The second-order valence-electron chi connectivity index (χ2n) is 4.01. The number of rotatable bonds is 7. The molecule has 0 bridgehead atoms. The average Bonchev–Trinajstić information content (AvgIpc) is 2.40. The molecular weight excluding hydrogens is 251 g/mol. The molecule has 0 amide bonds. The molecule has 5 heteroatoms. The first-order valence-electron chi connectivity index (χ1n) is 6.17. The van der Waals surface area contributed by atoms with Gasteiger partial charge < -0.3 is 9.47 Å². The minimum Gasteiger partial charge on any atom is -0.466 e. The van der Waals surface area contributed by atoms with Crippen LogP contribution in [0.3, 0.4) is 0 Å². The van der Waals surface area contributed by atoms with E-state index in [4.69, 9.17) is 9.47 Å². The third-order valence-corrected chi connectivity index (χ3v) is 2.29. The number of carbonyl (C=O) groups excluding carboxylic acids is 2. The monoisotopic (exact) mass is 268 g/mol. The zero-order valence-corrected chi connectivity index (χ0v) is 10.9. The van der Waals surface area contributed by atoms with E-state index in [-0.39, 0.29) is 25.3 Å². The maximum atomic E-state index is 12.9. The highest BCUT2D eigenvalue weighted by Gasteiger charge is 2.09. The molecule has 0 aliphatic carbocycles. The molecule has 0 radical (unpaired) electrons. The van der Waals surface area contributed by atoms with Crippen LogP contribution in [0.2, 0.25) is 0 Å². The Bertz CT molecular complexity index is 431. The number of hydrogen-bond donors (Lipinski definition) is 0. The number of hydrogen-bond acceptors (Lipinski definition) is 4. The van der Waals surface area contributed by atoms with Gasteiger partial charge in [-0.2, -0.15) is 0 Å². The van der Waals surface area contributed by atoms with Crippen LogP contribution >= 0.6 is 0 Å². The van der Waals surface area contributed by atoms with E-state index < -0.39 is 11.9 Å². The van der Waals surface area contributed by atoms with Crippen molar-refractivity contribution in [2.24, 2.45) is 0 Å². The lowest BCUT2D eigenvalue weighted by Gasteiger charge is -2.05. The van der Waals surface area contributed by atoms with Crippen LogP contribution in [-0.4, -0.2) is 18.5 Å². The van der Waals surface area contributed by atoms with Gasteiger partial charge in [0.15, 0.2) is 0 Å². The van der Waals surface area contributed by atoms with Crippen LogP contribution in [0.25, 0.3) is 0 Å². The SMILES string of the molecule is CCCOC(=O)CCC(=O)OCc1cccc(F)c1. The predicted molar refractivity (Wildman–Crippen MR) is 66.7 cm³/mol. The lowest BCUT2D eigenvalue weighted by molar-refractivity contribution is -0.151. The fourth-order valence-electron chi connectivity index (χ4n) is 1.35. The Hall–Kier alpha value is -1.91. The van der Waals surface area contributed by atoms with Crippen LogP contribution < -0.4 is 0 Å². The Morgan fingerprint density at radius 1 is 1.16 bits per heavy atom. The Labute approximate surface area is 111 Å². The Kier molecular flexibility index (Phi) is 6.57. The highest BCUT2D eigenvalue weighted by Crippen LogP contribution is 2.06. The molecule has 0 spiro atoms. The summed E-state index contributed by atoms with van der Waals surface area (Å²) in [4.78, 5) is 22.5. The van der Waals surface area contributed by atoms with Gasteiger partial charge >= 0.3 is 11.9 Å². The summed E-state index contributed by atoms with van der Waals surface area (Å²) in [5.41, 5.74) is 0.571. The molecule has 4 nitrogen and oxygen atoms in total. The molecule has 0 saturated carbocycles. The number of ether oxygens (including phenoxy) is 2. The van der Waals surface area contributed by atoms with Crippen molar-refractivity contribution >= 4 is 11.9 Å². The van der Waals surface area contributed by atoms with E-state index in [2.05, 4.69) is 0 Å². The lowest BCUT2D eigenvalue weighted by Crippen LogP contribution is -2.10. The standard InChI is InChI=1S/C14H17FO4/c1-2-8-18-13(16)6-7-14(17)19-10-11-4-3-5-12(15)9-11/h3-5,9H,2,6-8,10H2,1H3. The summed E-state index contributed by atoms with van der Waals surface area (Å²) in [5, 5.41) is 0. The number of carbonyl (C=O) groups is 2. The van der Waals surface area contributed by atoms with Crippen LogP contribution in [0.5, 0.6) is 0 Å². The minimum absolute atomic E-state index is 0.000596. The van der Waals surface area contributed by atoms with Crippen molar-refractivity contribution in [3.63, 3.8) is 0 Å². The van der Waals surface area contributed by atoms with Crippen LogP contribution in [-0.2, 0) is 25.7 Å². The van der Waals surface area contributed by atoms with Crippen molar-refractivity contribution in [3.8, 4) is 0 Å². The average molecular weight is 268 g/mol. The van der Waals surface area contributed by atoms with Gasteiger partial charge in [0.2, 0.25) is 0 Å². The zero-order valence-electron chi connectivity index (χ0n) is 10.9. The molecule has 1 aromatic carbocycles. The van der Waals surface area contributed by atoms with E-state index in [1.165, 1.54) is 12.1 Å². The summed E-state index contributed by atoms with van der Waals surface area (Å²) in [6.45, 7) is 2.25. The van der Waals surface area contributed by atoms with Crippen LogP contribution in [0, 0.1) is 5.82 Å². The van der Waals surface area contributed by atoms with E-state index >= 15 is 0 Å². The van der Waals surface area contributed by atoms with E-state index in [0.29, 0.717) is 12.2 Å². The fourth-order valence-corrected chi connectivity index (χ4v) is 1.35. The largest absolute Gasteiger partial charge is 0.466 e. The lowest BCUT2D eigenvalue weighted by atomic mass is 10.2. The zero-order chi connectivity index (χ0) is 14.1. The second-order valence-corrected chi connectivity index (χ2v) is 4.01. The first kappa shape index (κ1) is 15.1. The van der Waals surface area contributed by atoms with Gasteiger partial charge in [-0.15, -0.1) is 0 Å². The van der Waals surface area contributed by atoms with Crippen molar-refractivity contribution in [1.82, 2.24) is 0 Å². The summed E-state index contributed by atoms with van der Waals surface area (Å²) in [6, 6.07) is 5.81. The van der Waals surface area contributed by atoms with Gasteiger partial charge in [0.1, 0.15) is 12.4 Å². The molecule has 0 N–H and O–H groups in total. The first-order valence-corrected chi connectivity index (χ1v) is 6.17. The highest BCUT2D eigenvalue weighted by atomic mass is 19.1. The molecule has 0 aliphatic heterocycles. The van der Waals surface area contributed by atoms with Gasteiger partial charge in [0.25, 0.3) is 0 Å². The second kappa shape index (κ2) is 8.24. The molecule has 1 rings (SSSR count). The number of benzene rings is 1. The van der Waals surface area contributed by atoms with Gasteiger partial charge in [-0.3, -0.25) is 9.59 Å². The summed E-state index contributed by atoms with van der Waals surface area (Å²) in [5.74, 6) is -1.29. The minimum atomic E-state index is -0.502. The third kappa shape index (κ3) is 6.55. The molecular formula is C14H17FO4. The van der Waals surface area contributed by atoms with Gasteiger partial charge in [-0.1, -0.05) is 19.1 Å². The van der Waals surface area contributed by atoms with Gasteiger partial charge in [0.05, 0.1) is 19.4 Å².